The highest BCUT2D eigenvalue weighted by atomic mass is 16.3. The third-order valence-electron chi connectivity index (χ3n) is 4.45. The van der Waals surface area contributed by atoms with Gasteiger partial charge in [-0.25, -0.2) is 0 Å². The maximum absolute atomic E-state index is 6.00. The summed E-state index contributed by atoms with van der Waals surface area (Å²) < 4.78 is 6.00. The molecule has 114 valence electrons. The summed E-state index contributed by atoms with van der Waals surface area (Å²) in [5, 5.41) is 8.27. The Labute approximate surface area is 139 Å². The van der Waals surface area contributed by atoms with Gasteiger partial charge in [0.15, 0.2) is 0 Å². The van der Waals surface area contributed by atoms with Crippen LogP contribution in [0.15, 0.2) is 89.3 Å². The van der Waals surface area contributed by atoms with Crippen LogP contribution in [0, 0.1) is 0 Å². The van der Waals surface area contributed by atoms with E-state index in [1.165, 1.54) is 16.2 Å². The third kappa shape index (κ3) is 1.97. The number of fused-ring (bicyclic) bond motifs is 5. The molecule has 0 aliphatic rings. The van der Waals surface area contributed by atoms with Gasteiger partial charge in [-0.15, -0.1) is 0 Å². The second-order valence-electron chi connectivity index (χ2n) is 5.93. The standard InChI is InChI=1S/C22H15NO/c1-2-7-15(8-3-1)23-19-11-6-10-17-16(19)13-14-21-22(17)18-9-4-5-12-20(18)24-21/h1-14,23H. The minimum atomic E-state index is 0.931. The summed E-state index contributed by atoms with van der Waals surface area (Å²) in [5.74, 6) is 0. The van der Waals surface area contributed by atoms with Crippen LogP contribution in [-0.4, -0.2) is 0 Å². The Balaban J connectivity index is 1.80. The molecule has 1 heterocycles. The summed E-state index contributed by atoms with van der Waals surface area (Å²) in [5.41, 5.74) is 4.05. The van der Waals surface area contributed by atoms with Crippen molar-refractivity contribution in [1.29, 1.82) is 0 Å². The zero-order chi connectivity index (χ0) is 15.9. The molecule has 0 radical (unpaired) electrons. The number of rotatable bonds is 2. The van der Waals surface area contributed by atoms with Crippen molar-refractivity contribution in [2.45, 2.75) is 0 Å². The summed E-state index contributed by atoms with van der Waals surface area (Å²) in [6, 6.07) is 29.0. The van der Waals surface area contributed by atoms with E-state index in [9.17, 15) is 0 Å². The van der Waals surface area contributed by atoms with Crippen LogP contribution in [-0.2, 0) is 0 Å². The maximum Gasteiger partial charge on any atom is 0.136 e. The molecule has 0 saturated heterocycles. The lowest BCUT2D eigenvalue weighted by molar-refractivity contribution is 0.669. The number of nitrogens with one attached hydrogen (secondary N) is 1. The summed E-state index contributed by atoms with van der Waals surface area (Å²) in [6.07, 6.45) is 0. The van der Waals surface area contributed by atoms with E-state index in [0.717, 1.165) is 27.9 Å². The number of hydrogen-bond donors (Lipinski definition) is 1. The van der Waals surface area contributed by atoms with Crippen molar-refractivity contribution in [2.24, 2.45) is 0 Å². The van der Waals surface area contributed by atoms with Crippen molar-refractivity contribution in [3.8, 4) is 0 Å². The largest absolute Gasteiger partial charge is 0.456 e. The Morgan fingerprint density at radius 2 is 1.33 bits per heavy atom. The Hall–Kier alpha value is -3.26. The molecule has 0 spiro atoms. The van der Waals surface area contributed by atoms with Crippen LogP contribution in [0.3, 0.4) is 0 Å². The second-order valence-corrected chi connectivity index (χ2v) is 5.93. The summed E-state index contributed by atoms with van der Waals surface area (Å²) in [7, 11) is 0. The number of para-hydroxylation sites is 2. The Bertz CT molecular complexity index is 1170. The average molecular weight is 309 g/mol. The van der Waals surface area contributed by atoms with Crippen LogP contribution >= 0.6 is 0 Å². The fourth-order valence-electron chi connectivity index (χ4n) is 3.37. The lowest BCUT2D eigenvalue weighted by Gasteiger charge is -2.10. The van der Waals surface area contributed by atoms with Gasteiger partial charge in [0, 0.05) is 27.5 Å². The highest BCUT2D eigenvalue weighted by Gasteiger charge is 2.11. The van der Waals surface area contributed by atoms with Crippen LogP contribution < -0.4 is 5.32 Å². The van der Waals surface area contributed by atoms with E-state index in [1.807, 2.05) is 30.3 Å². The summed E-state index contributed by atoms with van der Waals surface area (Å²) in [4.78, 5) is 0. The topological polar surface area (TPSA) is 25.2 Å². The van der Waals surface area contributed by atoms with Crippen LogP contribution in [0.5, 0.6) is 0 Å². The first-order chi connectivity index (χ1) is 11.9. The van der Waals surface area contributed by atoms with Crippen molar-refractivity contribution in [2.75, 3.05) is 5.32 Å². The maximum atomic E-state index is 6.00. The second kappa shape index (κ2) is 5.14. The van der Waals surface area contributed by atoms with Crippen molar-refractivity contribution >= 4 is 44.1 Å². The molecule has 0 aliphatic carbocycles. The molecule has 2 nitrogen and oxygen atoms in total. The van der Waals surface area contributed by atoms with Crippen molar-refractivity contribution in [3.05, 3.63) is 84.9 Å². The normalized spacial score (nSPS) is 11.3. The molecule has 0 saturated carbocycles. The van der Waals surface area contributed by atoms with Gasteiger partial charge in [0.2, 0.25) is 0 Å². The van der Waals surface area contributed by atoms with E-state index in [-0.39, 0.29) is 0 Å². The molecule has 1 aromatic heterocycles. The van der Waals surface area contributed by atoms with E-state index in [2.05, 4.69) is 59.9 Å². The lowest BCUT2D eigenvalue weighted by Crippen LogP contribution is -1.91. The van der Waals surface area contributed by atoms with Gasteiger partial charge >= 0.3 is 0 Å². The van der Waals surface area contributed by atoms with Gasteiger partial charge in [0.25, 0.3) is 0 Å². The average Bonchev–Trinajstić information content (AvgIpc) is 3.02. The molecule has 0 unspecified atom stereocenters. The van der Waals surface area contributed by atoms with E-state index in [4.69, 9.17) is 4.42 Å². The quantitative estimate of drug-likeness (QED) is 0.403. The molecule has 24 heavy (non-hydrogen) atoms. The van der Waals surface area contributed by atoms with Crippen molar-refractivity contribution in [3.63, 3.8) is 0 Å². The molecule has 5 aromatic rings. The molecule has 0 atom stereocenters. The predicted molar refractivity (Wildman–Crippen MR) is 101 cm³/mol. The SMILES string of the molecule is c1ccc(Nc2cccc3c2ccc2oc4ccccc4c23)cc1. The molecular formula is C22H15NO. The summed E-state index contributed by atoms with van der Waals surface area (Å²) >= 11 is 0. The Morgan fingerprint density at radius 3 is 2.25 bits per heavy atom. The van der Waals surface area contributed by atoms with Gasteiger partial charge in [0.05, 0.1) is 0 Å². The highest BCUT2D eigenvalue weighted by molar-refractivity contribution is 6.20. The first-order valence-electron chi connectivity index (χ1n) is 8.05. The van der Waals surface area contributed by atoms with Crippen LogP contribution in [0.1, 0.15) is 0 Å². The minimum absolute atomic E-state index is 0.931. The highest BCUT2D eigenvalue weighted by Crippen LogP contribution is 2.37. The number of benzene rings is 4. The molecule has 0 fully saturated rings. The number of hydrogen-bond acceptors (Lipinski definition) is 2. The van der Waals surface area contributed by atoms with Crippen LogP contribution in [0.2, 0.25) is 0 Å². The fourth-order valence-corrected chi connectivity index (χ4v) is 3.37. The molecule has 0 amide bonds. The van der Waals surface area contributed by atoms with Gasteiger partial charge in [-0.3, -0.25) is 0 Å². The fraction of sp³-hybridized carbons (Fsp3) is 0. The monoisotopic (exact) mass is 309 g/mol. The van der Waals surface area contributed by atoms with Gasteiger partial charge in [-0.2, -0.15) is 0 Å². The van der Waals surface area contributed by atoms with Gasteiger partial charge in [0.1, 0.15) is 11.2 Å². The molecule has 0 aliphatic heterocycles. The van der Waals surface area contributed by atoms with E-state index >= 15 is 0 Å². The molecule has 0 bridgehead atoms. The van der Waals surface area contributed by atoms with Gasteiger partial charge in [-0.1, -0.05) is 48.5 Å². The molecule has 2 heteroatoms. The summed E-state index contributed by atoms with van der Waals surface area (Å²) in [6.45, 7) is 0. The lowest BCUT2D eigenvalue weighted by atomic mass is 10.0. The molecular weight excluding hydrogens is 294 g/mol. The predicted octanol–water partition coefficient (Wildman–Crippen LogP) is 6.48. The zero-order valence-corrected chi connectivity index (χ0v) is 13.0. The van der Waals surface area contributed by atoms with Gasteiger partial charge < -0.3 is 9.73 Å². The first-order valence-corrected chi connectivity index (χ1v) is 8.05. The molecule has 5 rings (SSSR count). The molecule has 4 aromatic carbocycles. The van der Waals surface area contributed by atoms with Crippen molar-refractivity contribution in [1.82, 2.24) is 0 Å². The van der Waals surface area contributed by atoms with Crippen LogP contribution in [0.4, 0.5) is 11.4 Å². The first kappa shape index (κ1) is 13.2. The van der Waals surface area contributed by atoms with Gasteiger partial charge in [-0.05, 0) is 41.8 Å². The molecule has 1 N–H and O–H groups in total. The third-order valence-corrected chi connectivity index (χ3v) is 4.45. The smallest absolute Gasteiger partial charge is 0.136 e. The minimum Gasteiger partial charge on any atom is -0.456 e. The van der Waals surface area contributed by atoms with Crippen LogP contribution in [0.25, 0.3) is 32.7 Å². The number of furan rings is 1. The zero-order valence-electron chi connectivity index (χ0n) is 13.0. The Kier molecular flexibility index (Phi) is 2.83. The number of anilines is 2. The van der Waals surface area contributed by atoms with E-state index in [0.29, 0.717) is 0 Å². The van der Waals surface area contributed by atoms with E-state index in [1.54, 1.807) is 0 Å². The Morgan fingerprint density at radius 1 is 0.542 bits per heavy atom. The van der Waals surface area contributed by atoms with E-state index < -0.39 is 0 Å². The van der Waals surface area contributed by atoms with Crippen molar-refractivity contribution < 1.29 is 4.42 Å².